The quantitative estimate of drug-likeness (QED) is 0.677. The molecule has 22 heavy (non-hydrogen) atoms. The van der Waals surface area contributed by atoms with Crippen molar-refractivity contribution in [1.82, 2.24) is 4.98 Å². The van der Waals surface area contributed by atoms with Crippen LogP contribution in [0.25, 0.3) is 11.1 Å². The van der Waals surface area contributed by atoms with Crippen molar-refractivity contribution in [3.63, 3.8) is 0 Å². The molecule has 0 amide bonds. The Hall–Kier alpha value is -2.33. The zero-order valence-electron chi connectivity index (χ0n) is 12.5. The molecule has 3 rings (SSSR count). The first-order valence-electron chi connectivity index (χ1n) is 7.61. The van der Waals surface area contributed by atoms with Crippen molar-refractivity contribution in [3.8, 4) is 5.75 Å². The minimum absolute atomic E-state index is 0.674. The first-order valence-corrected chi connectivity index (χ1v) is 7.61. The molecule has 2 N–H and O–H groups in total. The number of oxazole rings is 1. The lowest BCUT2D eigenvalue weighted by atomic mass is 10.1. The fourth-order valence-corrected chi connectivity index (χ4v) is 2.32. The molecule has 0 atom stereocenters. The highest BCUT2D eigenvalue weighted by Gasteiger charge is 2.08. The number of aromatic nitrogens is 1. The molecule has 0 aliphatic heterocycles. The van der Waals surface area contributed by atoms with Gasteiger partial charge in [0.15, 0.2) is 11.5 Å². The lowest BCUT2D eigenvalue weighted by Gasteiger charge is -2.04. The van der Waals surface area contributed by atoms with Gasteiger partial charge in [0.05, 0.1) is 6.61 Å². The molecule has 114 valence electrons. The molecule has 0 saturated heterocycles. The summed E-state index contributed by atoms with van der Waals surface area (Å²) in [4.78, 5) is 4.52. The Balaban J connectivity index is 1.70. The SMILES string of the molecule is NCCCCOc1ccc2nc(Cc3ccccc3)oc2c1. The van der Waals surface area contributed by atoms with Gasteiger partial charge in [0, 0.05) is 12.5 Å². The predicted molar refractivity (Wildman–Crippen MR) is 87.0 cm³/mol. The average molecular weight is 296 g/mol. The molecule has 0 spiro atoms. The monoisotopic (exact) mass is 296 g/mol. The van der Waals surface area contributed by atoms with Gasteiger partial charge in [-0.15, -0.1) is 0 Å². The van der Waals surface area contributed by atoms with Gasteiger partial charge in [-0.1, -0.05) is 30.3 Å². The number of ether oxygens (including phenoxy) is 1. The zero-order valence-corrected chi connectivity index (χ0v) is 12.5. The molecule has 4 nitrogen and oxygen atoms in total. The molecule has 0 bridgehead atoms. The molecule has 0 fully saturated rings. The van der Waals surface area contributed by atoms with E-state index in [0.29, 0.717) is 19.6 Å². The van der Waals surface area contributed by atoms with Crippen LogP contribution in [0.1, 0.15) is 24.3 Å². The molecule has 0 saturated carbocycles. The second-order valence-electron chi connectivity index (χ2n) is 5.24. The van der Waals surface area contributed by atoms with E-state index in [1.165, 1.54) is 5.56 Å². The molecule has 3 aromatic rings. The van der Waals surface area contributed by atoms with Crippen LogP contribution in [0.4, 0.5) is 0 Å². The van der Waals surface area contributed by atoms with E-state index in [1.54, 1.807) is 0 Å². The number of nitrogens with zero attached hydrogens (tertiary/aromatic N) is 1. The molecule has 2 aromatic carbocycles. The lowest BCUT2D eigenvalue weighted by Crippen LogP contribution is -2.03. The summed E-state index contributed by atoms with van der Waals surface area (Å²) in [6.07, 6.45) is 2.64. The molecular formula is C18H20N2O2. The third-order valence-electron chi connectivity index (χ3n) is 3.47. The van der Waals surface area contributed by atoms with E-state index in [0.717, 1.165) is 35.6 Å². The second kappa shape index (κ2) is 7.09. The first kappa shape index (κ1) is 14.6. The molecule has 1 aromatic heterocycles. The highest BCUT2D eigenvalue weighted by Crippen LogP contribution is 2.23. The summed E-state index contributed by atoms with van der Waals surface area (Å²) in [7, 11) is 0. The fourth-order valence-electron chi connectivity index (χ4n) is 2.32. The third-order valence-corrected chi connectivity index (χ3v) is 3.47. The topological polar surface area (TPSA) is 61.3 Å². The van der Waals surface area contributed by atoms with Crippen molar-refractivity contribution < 1.29 is 9.15 Å². The van der Waals surface area contributed by atoms with Gasteiger partial charge in [-0.25, -0.2) is 4.98 Å². The van der Waals surface area contributed by atoms with Gasteiger partial charge < -0.3 is 14.9 Å². The largest absolute Gasteiger partial charge is 0.493 e. The summed E-state index contributed by atoms with van der Waals surface area (Å²) in [5.41, 5.74) is 8.28. The van der Waals surface area contributed by atoms with Crippen LogP contribution in [0, 0.1) is 0 Å². The minimum atomic E-state index is 0.674. The van der Waals surface area contributed by atoms with Gasteiger partial charge in [-0.05, 0) is 37.1 Å². The van der Waals surface area contributed by atoms with Crippen LogP contribution in [0.5, 0.6) is 5.75 Å². The van der Waals surface area contributed by atoms with E-state index in [2.05, 4.69) is 17.1 Å². The summed E-state index contributed by atoms with van der Waals surface area (Å²) in [5.74, 6) is 1.54. The molecule has 0 aliphatic carbocycles. The molecule has 0 radical (unpaired) electrons. The summed E-state index contributed by atoms with van der Waals surface area (Å²) in [6.45, 7) is 1.38. The maximum atomic E-state index is 5.83. The van der Waals surface area contributed by atoms with E-state index in [9.17, 15) is 0 Å². The van der Waals surface area contributed by atoms with E-state index in [1.807, 2.05) is 36.4 Å². The standard InChI is InChI=1S/C18H20N2O2/c19-10-4-5-11-21-15-8-9-16-17(13-15)22-18(20-16)12-14-6-2-1-3-7-14/h1-3,6-9,13H,4-5,10-12,19H2. The Morgan fingerprint density at radius 2 is 1.91 bits per heavy atom. The Labute approximate surface area is 129 Å². The maximum absolute atomic E-state index is 5.83. The van der Waals surface area contributed by atoms with Gasteiger partial charge in [-0.2, -0.15) is 0 Å². The van der Waals surface area contributed by atoms with Gasteiger partial charge >= 0.3 is 0 Å². The number of nitrogens with two attached hydrogens (primary N) is 1. The molecule has 4 heteroatoms. The number of hydrogen-bond acceptors (Lipinski definition) is 4. The number of fused-ring (bicyclic) bond motifs is 1. The predicted octanol–water partition coefficient (Wildman–Crippen LogP) is 3.54. The summed E-state index contributed by atoms with van der Waals surface area (Å²) in [6, 6.07) is 16.0. The lowest BCUT2D eigenvalue weighted by molar-refractivity contribution is 0.308. The van der Waals surface area contributed by atoms with Gasteiger partial charge in [-0.3, -0.25) is 0 Å². The van der Waals surface area contributed by atoms with Crippen LogP contribution < -0.4 is 10.5 Å². The highest BCUT2D eigenvalue weighted by molar-refractivity contribution is 5.74. The minimum Gasteiger partial charge on any atom is -0.493 e. The van der Waals surface area contributed by atoms with Gasteiger partial charge in [0.25, 0.3) is 0 Å². The van der Waals surface area contributed by atoms with Crippen LogP contribution >= 0.6 is 0 Å². The van der Waals surface area contributed by atoms with Crippen molar-refractivity contribution in [3.05, 3.63) is 60.0 Å². The number of rotatable bonds is 7. The van der Waals surface area contributed by atoms with Gasteiger partial charge in [0.2, 0.25) is 0 Å². The molecular weight excluding hydrogens is 276 g/mol. The Morgan fingerprint density at radius 1 is 1.05 bits per heavy atom. The van der Waals surface area contributed by atoms with E-state index >= 15 is 0 Å². The smallest absolute Gasteiger partial charge is 0.199 e. The second-order valence-corrected chi connectivity index (χ2v) is 5.24. The third kappa shape index (κ3) is 3.65. The van der Waals surface area contributed by atoms with Crippen molar-refractivity contribution >= 4 is 11.1 Å². The Morgan fingerprint density at radius 3 is 2.73 bits per heavy atom. The number of hydrogen-bond donors (Lipinski definition) is 1. The normalized spacial score (nSPS) is 11.0. The van der Waals surface area contributed by atoms with E-state index < -0.39 is 0 Å². The van der Waals surface area contributed by atoms with Crippen LogP contribution in [0.2, 0.25) is 0 Å². The van der Waals surface area contributed by atoms with E-state index in [4.69, 9.17) is 14.9 Å². The Kier molecular flexibility index (Phi) is 4.71. The van der Waals surface area contributed by atoms with Crippen LogP contribution in [-0.4, -0.2) is 18.1 Å². The highest BCUT2D eigenvalue weighted by atomic mass is 16.5. The van der Waals surface area contributed by atoms with E-state index in [-0.39, 0.29) is 0 Å². The van der Waals surface area contributed by atoms with Crippen molar-refractivity contribution in [1.29, 1.82) is 0 Å². The average Bonchev–Trinajstić information content (AvgIpc) is 2.94. The van der Waals surface area contributed by atoms with Crippen molar-refractivity contribution in [2.75, 3.05) is 13.2 Å². The summed E-state index contributed by atoms with van der Waals surface area (Å²) < 4.78 is 11.5. The summed E-state index contributed by atoms with van der Waals surface area (Å²) >= 11 is 0. The number of unbranched alkanes of at least 4 members (excludes halogenated alkanes) is 1. The molecule has 0 unspecified atom stereocenters. The van der Waals surface area contributed by atoms with Crippen LogP contribution in [-0.2, 0) is 6.42 Å². The van der Waals surface area contributed by atoms with Crippen molar-refractivity contribution in [2.24, 2.45) is 5.73 Å². The first-order chi connectivity index (χ1) is 10.8. The Bertz CT molecular complexity index is 722. The van der Waals surface area contributed by atoms with Crippen molar-refractivity contribution in [2.45, 2.75) is 19.3 Å². The summed E-state index contributed by atoms with van der Waals surface area (Å²) in [5, 5.41) is 0. The van der Waals surface area contributed by atoms with Crippen LogP contribution in [0.15, 0.2) is 52.9 Å². The zero-order chi connectivity index (χ0) is 15.2. The maximum Gasteiger partial charge on any atom is 0.199 e. The molecule has 1 heterocycles. The van der Waals surface area contributed by atoms with Gasteiger partial charge in [0.1, 0.15) is 11.3 Å². The van der Waals surface area contributed by atoms with Crippen LogP contribution in [0.3, 0.4) is 0 Å². The fraction of sp³-hybridized carbons (Fsp3) is 0.278. The number of benzene rings is 2. The molecule has 0 aliphatic rings.